The number of likely N-dealkylation sites (tertiary alicyclic amines) is 2. The first kappa shape index (κ1) is 28.0. The van der Waals surface area contributed by atoms with Crippen LogP contribution >= 0.6 is 0 Å². The Morgan fingerprint density at radius 1 is 0.878 bits per heavy atom. The lowest BCUT2D eigenvalue weighted by Gasteiger charge is -2.32. The van der Waals surface area contributed by atoms with Crippen LogP contribution in [0.15, 0.2) is 66.9 Å². The number of carbonyl (C=O) groups excluding carboxylic acids is 3. The zero-order chi connectivity index (χ0) is 28.8. The molecule has 2 saturated heterocycles. The summed E-state index contributed by atoms with van der Waals surface area (Å²) in [6, 6.07) is 20.1. The van der Waals surface area contributed by atoms with E-state index in [-0.39, 0.29) is 29.6 Å². The molecule has 2 aliphatic rings. The van der Waals surface area contributed by atoms with E-state index in [1.54, 1.807) is 41.3 Å². The summed E-state index contributed by atoms with van der Waals surface area (Å²) in [6.07, 6.45) is 4.36. The van der Waals surface area contributed by atoms with Gasteiger partial charge in [0, 0.05) is 62.1 Å². The van der Waals surface area contributed by atoms with Gasteiger partial charge in [-0.15, -0.1) is 0 Å². The molecule has 3 aromatic rings. The van der Waals surface area contributed by atoms with Gasteiger partial charge >= 0.3 is 0 Å². The van der Waals surface area contributed by atoms with Gasteiger partial charge in [-0.1, -0.05) is 12.1 Å². The molecule has 2 fully saturated rings. The van der Waals surface area contributed by atoms with Gasteiger partial charge in [-0.3, -0.25) is 24.3 Å². The number of benzene rings is 2. The van der Waals surface area contributed by atoms with Gasteiger partial charge in [0.1, 0.15) is 5.69 Å². The summed E-state index contributed by atoms with van der Waals surface area (Å²) in [6.45, 7) is 3.54. The lowest BCUT2D eigenvalue weighted by Crippen LogP contribution is -2.44. The number of piperidine rings is 2. The maximum atomic E-state index is 13.0. The van der Waals surface area contributed by atoms with Crippen molar-refractivity contribution in [2.75, 3.05) is 31.9 Å². The number of nitrogen functional groups attached to an aromatic ring is 1. The van der Waals surface area contributed by atoms with Crippen LogP contribution in [0.25, 0.3) is 0 Å². The molecule has 9 nitrogen and oxygen atoms in total. The molecule has 3 N–H and O–H groups in total. The highest BCUT2D eigenvalue weighted by Gasteiger charge is 2.29. The molecule has 2 amide bonds. The van der Waals surface area contributed by atoms with E-state index in [1.807, 2.05) is 24.3 Å². The second kappa shape index (κ2) is 12.7. The average molecular weight is 551 g/mol. The Morgan fingerprint density at radius 2 is 1.54 bits per heavy atom. The van der Waals surface area contributed by atoms with E-state index >= 15 is 0 Å². The Balaban J connectivity index is 1.07. The van der Waals surface area contributed by atoms with Crippen molar-refractivity contribution in [3.63, 3.8) is 0 Å². The Labute approximate surface area is 240 Å². The minimum absolute atomic E-state index is 0.0817. The van der Waals surface area contributed by atoms with Crippen LogP contribution in [0.2, 0.25) is 0 Å². The average Bonchev–Trinajstić information content (AvgIpc) is 3.02. The molecule has 2 aromatic carbocycles. The topological polar surface area (TPSA) is 132 Å². The van der Waals surface area contributed by atoms with E-state index < -0.39 is 0 Å². The zero-order valence-electron chi connectivity index (χ0n) is 23.0. The number of nitrogens with zero attached hydrogens (tertiary/aromatic N) is 4. The van der Waals surface area contributed by atoms with Crippen molar-refractivity contribution < 1.29 is 14.4 Å². The van der Waals surface area contributed by atoms with Crippen molar-refractivity contribution in [2.45, 2.75) is 38.3 Å². The van der Waals surface area contributed by atoms with Crippen molar-refractivity contribution in [1.82, 2.24) is 20.1 Å². The molecule has 0 radical (unpaired) electrons. The molecule has 0 aliphatic carbocycles. The van der Waals surface area contributed by atoms with Crippen LogP contribution in [0, 0.1) is 17.2 Å². The van der Waals surface area contributed by atoms with Gasteiger partial charge in [0.15, 0.2) is 5.78 Å². The number of hydrogen-bond acceptors (Lipinski definition) is 7. The molecule has 5 rings (SSSR count). The van der Waals surface area contributed by atoms with Crippen molar-refractivity contribution in [2.24, 2.45) is 5.92 Å². The van der Waals surface area contributed by atoms with Gasteiger partial charge in [-0.05, 0) is 79.8 Å². The SMILES string of the molecule is N#Cc1ccc(CN2CCC(NC(=O)c3ccc(C(=O)N4CCC(C(=O)c5ccc(N)cc5)CC4)nc3)CC2)cc1. The summed E-state index contributed by atoms with van der Waals surface area (Å²) < 4.78 is 0. The summed E-state index contributed by atoms with van der Waals surface area (Å²) in [5.74, 6) is -0.416. The number of rotatable bonds is 7. The monoisotopic (exact) mass is 550 g/mol. The minimum Gasteiger partial charge on any atom is -0.399 e. The number of pyridine rings is 1. The first-order valence-electron chi connectivity index (χ1n) is 14.1. The van der Waals surface area contributed by atoms with Gasteiger partial charge in [-0.25, -0.2) is 0 Å². The van der Waals surface area contributed by atoms with Crippen LogP contribution in [0.4, 0.5) is 5.69 Å². The van der Waals surface area contributed by atoms with Crippen molar-refractivity contribution in [3.8, 4) is 6.07 Å². The van der Waals surface area contributed by atoms with E-state index in [1.165, 1.54) is 11.8 Å². The number of Topliss-reactive ketones (excluding diaryl/α,β-unsaturated/α-hetero) is 1. The van der Waals surface area contributed by atoms with E-state index in [9.17, 15) is 14.4 Å². The first-order chi connectivity index (χ1) is 19.9. The number of nitriles is 1. The molecule has 1 aromatic heterocycles. The van der Waals surface area contributed by atoms with Crippen molar-refractivity contribution >= 4 is 23.3 Å². The molecular formula is C32H34N6O3. The smallest absolute Gasteiger partial charge is 0.272 e. The van der Waals surface area contributed by atoms with E-state index in [2.05, 4.69) is 21.3 Å². The number of nitrogens with one attached hydrogen (secondary N) is 1. The Bertz CT molecular complexity index is 1410. The number of ketones is 1. The standard InChI is InChI=1S/C32H34N6O3/c33-19-22-1-3-23(4-2-22)21-37-15-13-28(14-16-37)36-31(40)26-7-10-29(35-20-26)32(41)38-17-11-25(12-18-38)30(39)24-5-8-27(34)9-6-24/h1-10,20,25,28H,11-18,21,34H2,(H,36,40). The molecule has 2 aliphatic heterocycles. The number of nitrogens with two attached hydrogens (primary N) is 1. The lowest BCUT2D eigenvalue weighted by molar-refractivity contribution is 0.0645. The molecule has 0 unspecified atom stereocenters. The third-order valence-electron chi connectivity index (χ3n) is 8.00. The van der Waals surface area contributed by atoms with Crippen LogP contribution in [-0.2, 0) is 6.54 Å². The summed E-state index contributed by atoms with van der Waals surface area (Å²) in [4.78, 5) is 47.0. The van der Waals surface area contributed by atoms with Crippen LogP contribution < -0.4 is 11.1 Å². The van der Waals surface area contributed by atoms with Crippen LogP contribution in [0.1, 0.15) is 68.0 Å². The van der Waals surface area contributed by atoms with Gasteiger partial charge in [0.2, 0.25) is 0 Å². The quantitative estimate of drug-likeness (QED) is 0.339. The van der Waals surface area contributed by atoms with E-state index in [4.69, 9.17) is 11.0 Å². The molecule has 9 heteroatoms. The molecule has 0 atom stereocenters. The third kappa shape index (κ3) is 6.97. The maximum Gasteiger partial charge on any atom is 0.272 e. The summed E-state index contributed by atoms with van der Waals surface area (Å²) in [5, 5.41) is 12.1. The first-order valence-corrected chi connectivity index (χ1v) is 14.1. The number of carbonyl (C=O) groups is 3. The van der Waals surface area contributed by atoms with Crippen molar-refractivity contribution in [1.29, 1.82) is 5.26 Å². The van der Waals surface area contributed by atoms with E-state index in [0.29, 0.717) is 54.0 Å². The number of hydrogen-bond donors (Lipinski definition) is 2. The van der Waals surface area contributed by atoms with Crippen LogP contribution in [0.5, 0.6) is 0 Å². The highest BCUT2D eigenvalue weighted by atomic mass is 16.2. The minimum atomic E-state index is -0.191. The van der Waals surface area contributed by atoms with Gasteiger partial charge in [0.05, 0.1) is 17.2 Å². The second-order valence-electron chi connectivity index (χ2n) is 10.8. The molecule has 0 spiro atoms. The lowest BCUT2D eigenvalue weighted by atomic mass is 9.88. The predicted octanol–water partition coefficient (Wildman–Crippen LogP) is 3.66. The molecule has 0 bridgehead atoms. The van der Waals surface area contributed by atoms with Crippen molar-refractivity contribution in [3.05, 3.63) is 94.8 Å². The summed E-state index contributed by atoms with van der Waals surface area (Å²) in [7, 11) is 0. The molecular weight excluding hydrogens is 516 g/mol. The zero-order valence-corrected chi connectivity index (χ0v) is 23.0. The number of aromatic nitrogens is 1. The Hall–Kier alpha value is -4.55. The normalized spacial score (nSPS) is 16.6. The fourth-order valence-corrected chi connectivity index (χ4v) is 5.49. The maximum absolute atomic E-state index is 13.0. The van der Waals surface area contributed by atoms with E-state index in [0.717, 1.165) is 32.5 Å². The fourth-order valence-electron chi connectivity index (χ4n) is 5.49. The summed E-state index contributed by atoms with van der Waals surface area (Å²) >= 11 is 0. The van der Waals surface area contributed by atoms with Gasteiger partial charge in [-0.2, -0.15) is 5.26 Å². The molecule has 0 saturated carbocycles. The Morgan fingerprint density at radius 3 is 2.15 bits per heavy atom. The largest absolute Gasteiger partial charge is 0.399 e. The molecule has 41 heavy (non-hydrogen) atoms. The molecule has 210 valence electrons. The number of anilines is 1. The van der Waals surface area contributed by atoms with Gasteiger partial charge in [0.25, 0.3) is 11.8 Å². The highest BCUT2D eigenvalue weighted by Crippen LogP contribution is 2.23. The fraction of sp³-hybridized carbons (Fsp3) is 0.344. The molecule has 3 heterocycles. The van der Waals surface area contributed by atoms with Gasteiger partial charge < -0.3 is 16.0 Å². The number of amides is 2. The third-order valence-corrected chi connectivity index (χ3v) is 8.00. The Kier molecular flexibility index (Phi) is 8.70. The van der Waals surface area contributed by atoms with Crippen LogP contribution in [-0.4, -0.2) is 64.6 Å². The highest BCUT2D eigenvalue weighted by molar-refractivity contribution is 5.99. The second-order valence-corrected chi connectivity index (χ2v) is 10.8. The summed E-state index contributed by atoms with van der Waals surface area (Å²) in [5.41, 5.74) is 9.53. The predicted molar refractivity (Wildman–Crippen MR) is 155 cm³/mol. The van der Waals surface area contributed by atoms with Crippen LogP contribution in [0.3, 0.4) is 0 Å².